The van der Waals surface area contributed by atoms with E-state index in [-0.39, 0.29) is 18.3 Å². The molecule has 1 aromatic carbocycles. The van der Waals surface area contributed by atoms with Crippen molar-refractivity contribution < 1.29 is 21.7 Å². The molecule has 2 nitrogen and oxygen atoms in total. The quantitative estimate of drug-likeness (QED) is 0.682. The summed E-state index contributed by atoms with van der Waals surface area (Å²) in [6, 6.07) is 8.16. The monoisotopic (exact) mass is 253 g/mol. The number of hydrogen-bond donors (Lipinski definition) is 0. The first-order valence-electron chi connectivity index (χ1n) is 5.57. The van der Waals surface area contributed by atoms with Gasteiger partial charge in [0, 0.05) is 5.56 Å². The van der Waals surface area contributed by atoms with Gasteiger partial charge in [0.1, 0.15) is 6.54 Å². The van der Waals surface area contributed by atoms with Crippen LogP contribution in [0.15, 0.2) is 30.8 Å². The fourth-order valence-corrected chi connectivity index (χ4v) is 1.73. The van der Waals surface area contributed by atoms with Crippen LogP contribution in [0.5, 0.6) is 0 Å². The molecule has 0 N–H and O–H groups in total. The van der Waals surface area contributed by atoms with Gasteiger partial charge in [0.2, 0.25) is 0 Å². The minimum Gasteiger partial charge on any atom is -1.00 e. The van der Waals surface area contributed by atoms with Crippen molar-refractivity contribution in [3.63, 3.8) is 0 Å². The molecular weight excluding hydrogens is 234 g/mol. The van der Waals surface area contributed by atoms with Gasteiger partial charge in [-0.2, -0.15) is 0 Å². The molecule has 1 amide bonds. The van der Waals surface area contributed by atoms with Crippen LogP contribution < -0.4 is 12.4 Å². The summed E-state index contributed by atoms with van der Waals surface area (Å²) in [5.74, 6) is 0.257. The Bertz CT molecular complexity index is 382. The van der Waals surface area contributed by atoms with E-state index in [2.05, 4.69) is 18.7 Å². The Balaban J connectivity index is 0.00000256. The molecule has 0 spiro atoms. The fraction of sp³-hybridized carbons (Fsp3) is 0.357. The number of amides is 1. The van der Waals surface area contributed by atoms with Crippen molar-refractivity contribution in [2.24, 2.45) is 0 Å². The molecule has 0 aliphatic rings. The second-order valence-electron chi connectivity index (χ2n) is 4.54. The normalized spacial score (nSPS) is 10.5. The van der Waals surface area contributed by atoms with Crippen molar-refractivity contribution in [2.45, 2.75) is 19.9 Å². The highest BCUT2D eigenvalue weighted by molar-refractivity contribution is 5.68. The molecule has 1 rings (SSSR count). The zero-order valence-electron chi connectivity index (χ0n) is 10.7. The molecule has 0 heterocycles. The minimum absolute atomic E-state index is 0. The van der Waals surface area contributed by atoms with E-state index in [1.54, 1.807) is 0 Å². The Morgan fingerprint density at radius 2 is 1.82 bits per heavy atom. The largest absolute Gasteiger partial charge is 1.00 e. The first-order valence-corrected chi connectivity index (χ1v) is 5.57. The van der Waals surface area contributed by atoms with E-state index in [9.17, 15) is 4.79 Å². The van der Waals surface area contributed by atoms with Gasteiger partial charge < -0.3 is 12.4 Å². The van der Waals surface area contributed by atoms with Gasteiger partial charge >= 0.3 is 5.91 Å². The molecule has 0 atom stereocenters. The van der Waals surface area contributed by atoms with Gasteiger partial charge in [-0.15, -0.1) is 0 Å². The molecule has 0 fully saturated rings. The fourth-order valence-electron chi connectivity index (χ4n) is 1.73. The topological polar surface area (TPSA) is 17.1 Å². The molecule has 0 unspecified atom stereocenters. The summed E-state index contributed by atoms with van der Waals surface area (Å²) in [6.07, 6.45) is 2.40. The Morgan fingerprint density at radius 3 is 2.24 bits per heavy atom. The molecule has 0 aliphatic heterocycles. The molecule has 0 saturated heterocycles. The van der Waals surface area contributed by atoms with Crippen molar-refractivity contribution in [2.75, 3.05) is 14.1 Å². The van der Waals surface area contributed by atoms with E-state index in [1.807, 2.05) is 39.2 Å². The van der Waals surface area contributed by atoms with E-state index in [4.69, 9.17) is 0 Å². The van der Waals surface area contributed by atoms with E-state index in [1.165, 1.54) is 5.56 Å². The predicted octanol–water partition coefficient (Wildman–Crippen LogP) is -0.153. The second kappa shape index (κ2) is 6.58. The maximum Gasteiger partial charge on any atom is 0.313 e. The SMILES string of the molecule is C=Cc1ccc(C[N+](C)(C)C(=O)CC)cc1.[Cl-]. The highest BCUT2D eigenvalue weighted by Crippen LogP contribution is 2.12. The summed E-state index contributed by atoms with van der Waals surface area (Å²) in [7, 11) is 3.90. The summed E-state index contributed by atoms with van der Waals surface area (Å²) in [4.78, 5) is 11.7. The third kappa shape index (κ3) is 4.33. The lowest BCUT2D eigenvalue weighted by atomic mass is 10.1. The van der Waals surface area contributed by atoms with Crippen molar-refractivity contribution in [3.05, 3.63) is 42.0 Å². The first-order chi connectivity index (χ1) is 7.49. The average molecular weight is 254 g/mol. The highest BCUT2D eigenvalue weighted by Gasteiger charge is 2.24. The van der Waals surface area contributed by atoms with Gasteiger partial charge in [-0.3, -0.25) is 4.48 Å². The first kappa shape index (κ1) is 15.9. The van der Waals surface area contributed by atoms with Gasteiger partial charge in [0.25, 0.3) is 0 Å². The number of halogens is 1. The van der Waals surface area contributed by atoms with Gasteiger partial charge in [0.05, 0.1) is 20.5 Å². The molecule has 0 radical (unpaired) electrons. The number of hydrogen-bond acceptors (Lipinski definition) is 1. The van der Waals surface area contributed by atoms with Crippen LogP contribution in [0.4, 0.5) is 0 Å². The minimum atomic E-state index is 0. The second-order valence-corrected chi connectivity index (χ2v) is 4.54. The van der Waals surface area contributed by atoms with Crippen LogP contribution in [0.3, 0.4) is 0 Å². The number of quaternary nitrogens is 1. The molecule has 3 heteroatoms. The van der Waals surface area contributed by atoms with Crippen molar-refractivity contribution in [3.8, 4) is 0 Å². The van der Waals surface area contributed by atoms with Gasteiger partial charge in [-0.05, 0) is 5.56 Å². The molecule has 0 aromatic heterocycles. The molecular formula is C14H20ClNO. The lowest BCUT2D eigenvalue weighted by Crippen LogP contribution is -3.00. The predicted molar refractivity (Wildman–Crippen MR) is 67.6 cm³/mol. The third-order valence-electron chi connectivity index (χ3n) is 2.77. The smallest absolute Gasteiger partial charge is 0.313 e. The third-order valence-corrected chi connectivity index (χ3v) is 2.77. The van der Waals surface area contributed by atoms with E-state index >= 15 is 0 Å². The zero-order valence-corrected chi connectivity index (χ0v) is 11.5. The van der Waals surface area contributed by atoms with Crippen LogP contribution in [0, 0.1) is 0 Å². The number of carbonyl (C=O) groups excluding carboxylic acids is 1. The van der Waals surface area contributed by atoms with Crippen LogP contribution in [0.25, 0.3) is 6.08 Å². The van der Waals surface area contributed by atoms with Crippen molar-refractivity contribution >= 4 is 12.0 Å². The molecule has 0 saturated carbocycles. The lowest BCUT2D eigenvalue weighted by molar-refractivity contribution is -0.827. The summed E-state index contributed by atoms with van der Waals surface area (Å²) in [5, 5.41) is 0. The summed E-state index contributed by atoms with van der Waals surface area (Å²) < 4.78 is 0.407. The molecule has 17 heavy (non-hydrogen) atoms. The van der Waals surface area contributed by atoms with Crippen LogP contribution in [-0.2, 0) is 11.3 Å². The van der Waals surface area contributed by atoms with Gasteiger partial charge in [0.15, 0.2) is 0 Å². The van der Waals surface area contributed by atoms with Crippen LogP contribution in [0.2, 0.25) is 0 Å². The maximum absolute atomic E-state index is 11.7. The van der Waals surface area contributed by atoms with E-state index < -0.39 is 0 Å². The van der Waals surface area contributed by atoms with Crippen LogP contribution in [0.1, 0.15) is 24.5 Å². The van der Waals surface area contributed by atoms with Gasteiger partial charge in [-0.25, -0.2) is 4.79 Å². The van der Waals surface area contributed by atoms with Crippen LogP contribution in [-0.4, -0.2) is 24.5 Å². The van der Waals surface area contributed by atoms with Crippen molar-refractivity contribution in [1.29, 1.82) is 0 Å². The molecule has 0 aliphatic carbocycles. The Labute approximate surface area is 110 Å². The number of carbonyl (C=O) groups is 1. The molecule has 0 bridgehead atoms. The summed E-state index contributed by atoms with van der Waals surface area (Å²) in [5.41, 5.74) is 2.29. The Hall–Kier alpha value is -1.12. The number of benzene rings is 1. The summed E-state index contributed by atoms with van der Waals surface area (Å²) >= 11 is 0. The van der Waals surface area contributed by atoms with Gasteiger partial charge in [-0.1, -0.05) is 43.8 Å². The summed E-state index contributed by atoms with van der Waals surface area (Å²) in [6.45, 7) is 6.36. The lowest BCUT2D eigenvalue weighted by Gasteiger charge is -2.26. The Kier molecular flexibility index (Phi) is 6.14. The molecule has 94 valence electrons. The molecule has 1 aromatic rings. The average Bonchev–Trinajstić information content (AvgIpc) is 2.28. The Morgan fingerprint density at radius 1 is 1.29 bits per heavy atom. The van der Waals surface area contributed by atoms with Crippen LogP contribution >= 0.6 is 0 Å². The maximum atomic E-state index is 11.7. The van der Waals surface area contributed by atoms with E-state index in [0.29, 0.717) is 10.9 Å². The number of rotatable bonds is 4. The highest BCUT2D eigenvalue weighted by atomic mass is 35.5. The number of nitrogens with zero attached hydrogens (tertiary/aromatic N) is 1. The van der Waals surface area contributed by atoms with E-state index in [0.717, 1.165) is 12.1 Å². The standard InChI is InChI=1S/C14H20NO.ClH/c1-5-12-7-9-13(10-8-12)11-15(3,4)14(16)6-2;/h5,7-10H,1,6,11H2,2-4H3;1H/q+1;/p-1. The zero-order chi connectivity index (χ0) is 12.2. The van der Waals surface area contributed by atoms with Crippen molar-refractivity contribution in [1.82, 2.24) is 0 Å².